The summed E-state index contributed by atoms with van der Waals surface area (Å²) in [5.41, 5.74) is 3.14. The lowest BCUT2D eigenvalue weighted by molar-refractivity contribution is -0.142. The number of carbonyl (C=O) groups is 1. The van der Waals surface area contributed by atoms with Gasteiger partial charge in [0.15, 0.2) is 6.29 Å². The van der Waals surface area contributed by atoms with Crippen LogP contribution in [0.25, 0.3) is 53.9 Å². The van der Waals surface area contributed by atoms with Crippen molar-refractivity contribution in [2.75, 3.05) is 26.4 Å². The first kappa shape index (κ1) is 95.9. The monoisotopic (exact) mass is 2070 g/mol. The molecule has 2 atom stereocenters. The highest BCUT2D eigenvalue weighted by Gasteiger charge is 2.21. The molecular formula is C90H69Br6ClF12N6O6. The maximum atomic E-state index is 14.3. The number of carbonyl (C=O) groups excluding carboxylic acids is 1. The van der Waals surface area contributed by atoms with Crippen LogP contribution < -0.4 is 0 Å². The number of pyridine rings is 5. The normalized spacial score (nSPS) is 11.7. The Morgan fingerprint density at radius 2 is 0.777 bits per heavy atom. The minimum absolute atomic E-state index is 0.0156. The summed E-state index contributed by atoms with van der Waals surface area (Å²) in [7, 11) is 0. The number of aromatic nitrogens is 5. The Morgan fingerprint density at radius 1 is 0.421 bits per heavy atom. The summed E-state index contributed by atoms with van der Waals surface area (Å²) in [5.74, 6) is -1.01. The number of alkyl halides is 1. The molecule has 5 heterocycles. The standard InChI is InChI=1S/C18H23BrFNO2.C16H8BrClF3N.C16H9BrF3NO.C16H9BrF3N.C14H15BrFNO2.C10H5BrFNO/c1-6-22-17(23-7-2)9-8-15-13(12-21-18(3,4)5)10-14(19)11-16(15)20;17-10-1-9-7-22-15(6-13(9)14(21)4-10)16(18)8-2-11(19)5-12(20)3-8;17-10-1-9-7-21-15(6-13(9)14(20)4-10)16(22)8-2-11(18)5-12(19)3-8;17-11-4-10-8-21-14(7-15(10)16(20)5-11)3-9-1-12(18)6-13(19)2-9;1-3-18-14(19-4-2)13-7-11-9(8-17-13)5-10(15)6-12(11)16;11-7-1-6-4-13-8(5-14)3-9(6)10(12)2-7/h10-12,17H,6-7H2,1-5H3;1-7,16H;1-7,16,22H;1-2,4-8H,3H2;5-8,14H,3-4H2,1-2H3;1-5H. The summed E-state index contributed by atoms with van der Waals surface area (Å²) in [6.07, 6.45) is 7.45. The van der Waals surface area contributed by atoms with Gasteiger partial charge in [0.25, 0.3) is 0 Å². The van der Waals surface area contributed by atoms with Crippen LogP contribution in [0.4, 0.5) is 52.7 Å². The molecule has 0 bridgehead atoms. The van der Waals surface area contributed by atoms with E-state index in [0.717, 1.165) is 41.8 Å². The van der Waals surface area contributed by atoms with Crippen LogP contribution in [0, 0.1) is 81.6 Å². The van der Waals surface area contributed by atoms with E-state index in [1.54, 1.807) is 61.1 Å². The molecule has 0 radical (unpaired) electrons. The summed E-state index contributed by atoms with van der Waals surface area (Å²) in [6, 6.07) is 35.3. The van der Waals surface area contributed by atoms with Crippen molar-refractivity contribution < 1.29 is 81.5 Å². The van der Waals surface area contributed by atoms with Crippen molar-refractivity contribution in [2.45, 2.75) is 84.5 Å². The van der Waals surface area contributed by atoms with Gasteiger partial charge in [0.05, 0.1) is 28.2 Å². The van der Waals surface area contributed by atoms with Gasteiger partial charge < -0.3 is 24.1 Å². The molecule has 0 spiro atoms. The van der Waals surface area contributed by atoms with Crippen molar-refractivity contribution in [3.8, 4) is 11.8 Å². The first-order chi connectivity index (χ1) is 57.5. The molecule has 0 saturated heterocycles. The summed E-state index contributed by atoms with van der Waals surface area (Å²) in [6.45, 7) is 15.4. The van der Waals surface area contributed by atoms with Crippen LogP contribution in [0.1, 0.15) is 127 Å². The van der Waals surface area contributed by atoms with Gasteiger partial charge in [-0.3, -0.25) is 34.7 Å². The van der Waals surface area contributed by atoms with Crippen LogP contribution in [0.15, 0.2) is 221 Å². The van der Waals surface area contributed by atoms with Gasteiger partial charge in [0.2, 0.25) is 12.6 Å². The lowest BCUT2D eigenvalue weighted by Gasteiger charge is -2.16. The van der Waals surface area contributed by atoms with Crippen molar-refractivity contribution in [3.05, 3.63) is 342 Å². The zero-order valence-corrected chi connectivity index (χ0v) is 75.0. The zero-order valence-electron chi connectivity index (χ0n) is 64.8. The van der Waals surface area contributed by atoms with Crippen molar-refractivity contribution >= 4 is 174 Å². The minimum atomic E-state index is -1.35. The third-order valence-corrected chi connectivity index (χ3v) is 20.0. The van der Waals surface area contributed by atoms with E-state index in [-0.39, 0.29) is 62.9 Å². The first-order valence-corrected chi connectivity index (χ1v) is 41.6. The van der Waals surface area contributed by atoms with Crippen LogP contribution in [-0.2, 0) is 25.4 Å². The van der Waals surface area contributed by atoms with E-state index >= 15 is 0 Å². The highest BCUT2D eigenvalue weighted by atomic mass is 79.9. The molecular weight excluding hydrogens is 2000 g/mol. The van der Waals surface area contributed by atoms with Gasteiger partial charge in [0.1, 0.15) is 87.0 Å². The Hall–Kier alpha value is -8.94. The largest absolute Gasteiger partial charge is 0.382 e. The summed E-state index contributed by atoms with van der Waals surface area (Å²) in [5, 5.41) is 14.5. The van der Waals surface area contributed by atoms with Crippen molar-refractivity contribution in [3.63, 3.8) is 0 Å². The fourth-order valence-electron chi connectivity index (χ4n) is 11.5. The molecule has 12 nitrogen and oxygen atoms in total. The molecule has 0 aliphatic heterocycles. The number of aliphatic imine (C=N–C) groups is 1. The molecule has 5 aromatic heterocycles. The molecule has 31 heteroatoms. The molecule has 0 amide bonds. The second kappa shape index (κ2) is 44.9. The molecule has 0 fully saturated rings. The van der Waals surface area contributed by atoms with Gasteiger partial charge in [-0.25, -0.2) is 52.7 Å². The lowest BCUT2D eigenvalue weighted by atomic mass is 10.0. The average Bonchev–Trinajstić information content (AvgIpc) is 0.810. The summed E-state index contributed by atoms with van der Waals surface area (Å²) >= 11 is 25.6. The molecule has 121 heavy (non-hydrogen) atoms. The number of ether oxygens (including phenoxy) is 4. The number of halogens is 19. The summed E-state index contributed by atoms with van der Waals surface area (Å²) in [4.78, 5) is 35.4. The Morgan fingerprint density at radius 3 is 1.21 bits per heavy atom. The van der Waals surface area contributed by atoms with Crippen LogP contribution in [0.3, 0.4) is 0 Å². The number of aliphatic hydroxyl groups is 1. The molecule has 2 unspecified atom stereocenters. The minimum Gasteiger partial charge on any atom is -0.382 e. The topological polar surface area (TPSA) is 151 Å². The predicted molar refractivity (Wildman–Crippen MR) is 467 cm³/mol. The Balaban J connectivity index is 0.000000166. The Bertz CT molecular complexity index is 5960. The van der Waals surface area contributed by atoms with Gasteiger partial charge in [-0.1, -0.05) is 102 Å². The highest BCUT2D eigenvalue weighted by molar-refractivity contribution is 9.11. The van der Waals surface area contributed by atoms with Crippen LogP contribution in [-0.4, -0.2) is 80.8 Å². The number of fused-ring (bicyclic) bond motifs is 5. The van der Waals surface area contributed by atoms with Crippen molar-refractivity contribution in [1.29, 1.82) is 0 Å². The van der Waals surface area contributed by atoms with E-state index in [1.165, 1.54) is 85.3 Å². The average molecular weight is 2070 g/mol. The molecule has 14 rings (SSSR count). The molecule has 0 saturated carbocycles. The number of nitrogens with zero attached hydrogens (tertiary/aromatic N) is 6. The lowest BCUT2D eigenvalue weighted by Crippen LogP contribution is -2.15. The molecule has 0 aliphatic carbocycles. The van der Waals surface area contributed by atoms with E-state index in [9.17, 15) is 62.6 Å². The predicted octanol–water partition coefficient (Wildman–Crippen LogP) is 27.0. The third-order valence-electron chi connectivity index (χ3n) is 16.7. The maximum Gasteiger partial charge on any atom is 0.222 e. The number of hydrogen-bond donors (Lipinski definition) is 1. The second-order valence-corrected chi connectivity index (χ2v) is 32.9. The van der Waals surface area contributed by atoms with Gasteiger partial charge in [-0.15, -0.1) is 11.6 Å². The quantitative estimate of drug-likeness (QED) is 0.0232. The highest BCUT2D eigenvalue weighted by Crippen LogP contribution is 2.35. The molecule has 14 aromatic rings. The number of hydrogen-bond acceptors (Lipinski definition) is 12. The van der Waals surface area contributed by atoms with E-state index in [1.807, 2.05) is 54.5 Å². The maximum absolute atomic E-state index is 14.3. The molecule has 9 aromatic carbocycles. The zero-order chi connectivity index (χ0) is 88.1. The number of aliphatic hydroxyl groups excluding tert-OH is 1. The van der Waals surface area contributed by atoms with E-state index in [0.29, 0.717) is 137 Å². The van der Waals surface area contributed by atoms with Crippen LogP contribution >= 0.6 is 107 Å². The first-order valence-electron chi connectivity index (χ1n) is 36.4. The summed E-state index contributed by atoms with van der Waals surface area (Å²) < 4.78 is 188. The Kier molecular flexibility index (Phi) is 35.6. The smallest absolute Gasteiger partial charge is 0.222 e. The third kappa shape index (κ3) is 28.0. The van der Waals surface area contributed by atoms with Crippen LogP contribution in [0.5, 0.6) is 0 Å². The van der Waals surface area contributed by atoms with Gasteiger partial charge in [0, 0.05) is 180 Å². The van der Waals surface area contributed by atoms with E-state index < -0.39 is 76.4 Å². The van der Waals surface area contributed by atoms with E-state index in [2.05, 4.69) is 137 Å². The fraction of sp³-hybridized carbons (Fsp3) is 0.189. The number of rotatable bonds is 17. The number of aldehydes is 1. The van der Waals surface area contributed by atoms with Gasteiger partial charge in [-0.2, -0.15) is 0 Å². The van der Waals surface area contributed by atoms with E-state index in [4.69, 9.17) is 30.5 Å². The Labute approximate surface area is 743 Å². The fourth-order valence-corrected chi connectivity index (χ4v) is 14.4. The van der Waals surface area contributed by atoms with Gasteiger partial charge >= 0.3 is 0 Å². The molecule has 628 valence electrons. The van der Waals surface area contributed by atoms with Crippen molar-refractivity contribution in [1.82, 2.24) is 24.9 Å². The van der Waals surface area contributed by atoms with Crippen molar-refractivity contribution in [2.24, 2.45) is 4.99 Å². The molecule has 1 N–H and O–H groups in total. The SMILES string of the molecule is CCOC(C#Cc1c(F)cc(Br)cc1C=NC(C)(C)C)OCC.CCOC(OCC)c1cc2c(F)cc(Br)cc2cn1.Fc1cc(F)cc(C(Cl)c2cc3c(F)cc(Br)cc3cn2)c1.Fc1cc(F)cc(Cc2cc3c(F)cc(Br)cc3cn2)c1.O=Cc1cc2c(F)cc(Br)cc2cn1.OC(c1cc(F)cc(F)c1)c1cc2c(F)cc(Br)cc2cn1. The van der Waals surface area contributed by atoms with Crippen LogP contribution in [0.2, 0.25) is 0 Å². The number of benzene rings is 9. The van der Waals surface area contributed by atoms with Gasteiger partial charge in [-0.05, 0) is 211 Å². The molecule has 0 aliphatic rings. The second-order valence-electron chi connectivity index (χ2n) is 26.9.